The molecule has 0 amide bonds. The molecule has 3 saturated carbocycles. The first kappa shape index (κ1) is 10.9. The highest BCUT2D eigenvalue weighted by molar-refractivity contribution is 5.40. The van der Waals surface area contributed by atoms with Crippen LogP contribution >= 0.6 is 0 Å². The summed E-state index contributed by atoms with van der Waals surface area (Å²) >= 11 is 0. The highest BCUT2D eigenvalue weighted by Gasteiger charge is 2.66. The summed E-state index contributed by atoms with van der Waals surface area (Å²) in [5, 5.41) is 0. The number of rotatable bonds is 3. The topological polar surface area (TPSA) is 26.0 Å². The van der Waals surface area contributed by atoms with E-state index in [1.807, 2.05) is 0 Å². The molecule has 0 aliphatic heterocycles. The number of nitrogens with two attached hydrogens (primary N) is 1. The first-order valence-electron chi connectivity index (χ1n) is 8.16. The van der Waals surface area contributed by atoms with E-state index < -0.39 is 0 Å². The van der Waals surface area contributed by atoms with Gasteiger partial charge in [-0.2, -0.15) is 0 Å². The molecule has 0 heterocycles. The predicted octanol–water partition coefficient (Wildman–Crippen LogP) is 3.34. The van der Waals surface area contributed by atoms with Gasteiger partial charge in [0.15, 0.2) is 0 Å². The second-order valence-corrected chi connectivity index (χ2v) is 7.56. The van der Waals surface area contributed by atoms with Gasteiger partial charge in [0.2, 0.25) is 0 Å². The van der Waals surface area contributed by atoms with Gasteiger partial charge in [-0.15, -0.1) is 0 Å². The predicted molar refractivity (Wildman–Crippen MR) is 76.8 cm³/mol. The van der Waals surface area contributed by atoms with Crippen molar-refractivity contribution < 1.29 is 0 Å². The quantitative estimate of drug-likeness (QED) is 0.878. The Morgan fingerprint density at radius 2 is 1.84 bits per heavy atom. The van der Waals surface area contributed by atoms with E-state index in [4.69, 9.17) is 5.73 Å². The molecule has 4 aliphatic rings. The van der Waals surface area contributed by atoms with E-state index in [0.29, 0.717) is 6.04 Å². The number of benzene rings is 1. The molecule has 2 bridgehead atoms. The van der Waals surface area contributed by atoms with Crippen LogP contribution in [0.15, 0.2) is 24.3 Å². The van der Waals surface area contributed by atoms with E-state index in [9.17, 15) is 0 Å². The van der Waals surface area contributed by atoms with Gasteiger partial charge in [-0.1, -0.05) is 24.3 Å². The second kappa shape index (κ2) is 3.63. The highest BCUT2D eigenvalue weighted by atomic mass is 14.8. The van der Waals surface area contributed by atoms with Gasteiger partial charge in [-0.25, -0.2) is 0 Å². The van der Waals surface area contributed by atoms with Gasteiger partial charge in [0.05, 0.1) is 0 Å². The van der Waals surface area contributed by atoms with Gasteiger partial charge in [0, 0.05) is 6.04 Å². The summed E-state index contributed by atoms with van der Waals surface area (Å²) in [5.41, 5.74) is 9.74. The van der Waals surface area contributed by atoms with E-state index >= 15 is 0 Å². The van der Waals surface area contributed by atoms with Crippen LogP contribution in [-0.4, -0.2) is 6.04 Å². The molecule has 5 rings (SSSR count). The maximum atomic E-state index is 6.59. The minimum Gasteiger partial charge on any atom is -0.327 e. The largest absolute Gasteiger partial charge is 0.327 e. The maximum absolute atomic E-state index is 6.59. The zero-order valence-electron chi connectivity index (χ0n) is 11.5. The molecule has 1 aromatic rings. The average molecular weight is 253 g/mol. The normalized spacial score (nSPS) is 46.4. The molecule has 0 aromatic heterocycles. The molecule has 1 heteroatoms. The third kappa shape index (κ3) is 1.40. The zero-order chi connectivity index (χ0) is 12.6. The lowest BCUT2D eigenvalue weighted by Gasteiger charge is -2.32. The van der Waals surface area contributed by atoms with E-state index in [-0.39, 0.29) is 0 Å². The summed E-state index contributed by atoms with van der Waals surface area (Å²) in [6, 6.07) is 9.43. The van der Waals surface area contributed by atoms with E-state index in [1.54, 1.807) is 17.5 Å². The number of fused-ring (bicyclic) bond motifs is 6. The lowest BCUT2D eigenvalue weighted by molar-refractivity contribution is 0.371. The fourth-order valence-electron chi connectivity index (χ4n) is 6.02. The Kier molecular flexibility index (Phi) is 2.09. The van der Waals surface area contributed by atoms with Crippen LogP contribution in [0.5, 0.6) is 0 Å². The third-order valence-electron chi connectivity index (χ3n) is 6.81. The molecule has 2 N–H and O–H groups in total. The lowest BCUT2D eigenvalue weighted by Crippen LogP contribution is -2.31. The Hall–Kier alpha value is -0.820. The fourth-order valence-corrected chi connectivity index (χ4v) is 6.02. The fraction of sp³-hybridized carbons (Fsp3) is 0.667. The molecule has 19 heavy (non-hydrogen) atoms. The molecule has 0 spiro atoms. The standard InChI is InChI=1S/C18H23N/c19-15(9-13-7-10-3-1-2-4-14(10)13)18-16-11-5-6-12(8-11)17(16)18/h1-4,11-13,15-18H,5-9,19H2. The molecule has 0 saturated heterocycles. The number of hydrogen-bond donors (Lipinski definition) is 1. The molecule has 6 unspecified atom stereocenters. The summed E-state index contributed by atoms with van der Waals surface area (Å²) in [6.07, 6.45) is 7.10. The van der Waals surface area contributed by atoms with Crippen molar-refractivity contribution in [2.45, 2.75) is 44.1 Å². The van der Waals surface area contributed by atoms with Crippen molar-refractivity contribution in [3.63, 3.8) is 0 Å². The maximum Gasteiger partial charge on any atom is 0.00788 e. The Morgan fingerprint density at radius 3 is 2.58 bits per heavy atom. The van der Waals surface area contributed by atoms with Crippen LogP contribution in [-0.2, 0) is 6.42 Å². The molecule has 0 radical (unpaired) electrons. The smallest absolute Gasteiger partial charge is 0.00788 e. The summed E-state index contributed by atoms with van der Waals surface area (Å²) in [6.45, 7) is 0. The SMILES string of the molecule is NC(CC1Cc2ccccc21)C1C2C3CCC(C3)C12. The Bertz CT molecular complexity index is 506. The highest BCUT2D eigenvalue weighted by Crippen LogP contribution is 2.70. The average Bonchev–Trinajstić information content (AvgIpc) is 2.85. The van der Waals surface area contributed by atoms with Crippen molar-refractivity contribution in [1.82, 2.24) is 0 Å². The molecule has 1 nitrogen and oxygen atoms in total. The van der Waals surface area contributed by atoms with Crippen molar-refractivity contribution in [2.24, 2.45) is 35.3 Å². The van der Waals surface area contributed by atoms with Gasteiger partial charge < -0.3 is 5.73 Å². The van der Waals surface area contributed by atoms with Crippen LogP contribution in [0.1, 0.15) is 42.7 Å². The number of hydrogen-bond acceptors (Lipinski definition) is 1. The summed E-state index contributed by atoms with van der Waals surface area (Å²) in [4.78, 5) is 0. The van der Waals surface area contributed by atoms with Crippen molar-refractivity contribution in [1.29, 1.82) is 0 Å². The molecular formula is C18H23N. The zero-order valence-corrected chi connectivity index (χ0v) is 11.5. The van der Waals surface area contributed by atoms with Crippen molar-refractivity contribution >= 4 is 0 Å². The second-order valence-electron chi connectivity index (χ2n) is 7.56. The lowest BCUT2D eigenvalue weighted by atomic mass is 9.73. The molecule has 1 aromatic carbocycles. The minimum absolute atomic E-state index is 0.483. The van der Waals surface area contributed by atoms with Crippen LogP contribution in [0.2, 0.25) is 0 Å². The van der Waals surface area contributed by atoms with Crippen LogP contribution in [0, 0.1) is 29.6 Å². The van der Waals surface area contributed by atoms with Gasteiger partial charge in [0.1, 0.15) is 0 Å². The summed E-state index contributed by atoms with van der Waals surface area (Å²) < 4.78 is 0. The molecular weight excluding hydrogens is 230 g/mol. The van der Waals surface area contributed by atoms with Gasteiger partial charge >= 0.3 is 0 Å². The Balaban J connectivity index is 1.27. The van der Waals surface area contributed by atoms with Gasteiger partial charge in [-0.3, -0.25) is 0 Å². The first-order valence-corrected chi connectivity index (χ1v) is 8.16. The van der Waals surface area contributed by atoms with Crippen LogP contribution in [0.4, 0.5) is 0 Å². The van der Waals surface area contributed by atoms with Crippen molar-refractivity contribution in [3.05, 3.63) is 35.4 Å². The van der Waals surface area contributed by atoms with Crippen LogP contribution < -0.4 is 5.73 Å². The van der Waals surface area contributed by atoms with Gasteiger partial charge in [0.25, 0.3) is 0 Å². The Labute approximate surface area is 115 Å². The summed E-state index contributed by atoms with van der Waals surface area (Å²) in [5.74, 6) is 5.90. The third-order valence-corrected chi connectivity index (χ3v) is 6.81. The molecule has 4 aliphatic carbocycles. The summed E-state index contributed by atoms with van der Waals surface area (Å²) in [7, 11) is 0. The molecule has 100 valence electrons. The van der Waals surface area contributed by atoms with Gasteiger partial charge in [-0.05, 0) is 78.7 Å². The van der Waals surface area contributed by atoms with Crippen LogP contribution in [0.25, 0.3) is 0 Å². The van der Waals surface area contributed by atoms with Crippen LogP contribution in [0.3, 0.4) is 0 Å². The Morgan fingerprint density at radius 1 is 1.11 bits per heavy atom. The molecule has 3 fully saturated rings. The van der Waals surface area contributed by atoms with E-state index in [2.05, 4.69) is 24.3 Å². The van der Waals surface area contributed by atoms with E-state index in [0.717, 1.165) is 35.5 Å². The minimum atomic E-state index is 0.483. The molecule has 6 atom stereocenters. The monoisotopic (exact) mass is 253 g/mol. The van der Waals surface area contributed by atoms with E-state index in [1.165, 1.54) is 25.7 Å². The first-order chi connectivity index (χ1) is 9.33. The van der Waals surface area contributed by atoms with Crippen molar-refractivity contribution in [2.75, 3.05) is 0 Å². The van der Waals surface area contributed by atoms with Crippen molar-refractivity contribution in [3.8, 4) is 0 Å².